The van der Waals surface area contributed by atoms with Gasteiger partial charge in [-0.05, 0) is 65.9 Å². The van der Waals surface area contributed by atoms with Gasteiger partial charge < -0.3 is 25.2 Å². The third kappa shape index (κ3) is 7.06. The van der Waals surface area contributed by atoms with Gasteiger partial charge in [-0.2, -0.15) is 18.2 Å². The molecule has 9 nitrogen and oxygen atoms in total. The van der Waals surface area contributed by atoms with Gasteiger partial charge in [0.05, 0.1) is 5.56 Å². The number of aromatic nitrogens is 2. The maximum Gasteiger partial charge on any atom is 0.423 e. The highest BCUT2D eigenvalue weighted by molar-refractivity contribution is 6.00. The van der Waals surface area contributed by atoms with E-state index >= 15 is 0 Å². The third-order valence-corrected chi connectivity index (χ3v) is 8.32. The SMILES string of the molecule is C=CC(=O)N1CCCC(c2cccc(NCc3ccc(Nc4ncc(C(F)(F)F)c(Oc5cccc6c5C(=O)N(C)C6)n4)cc3)c2)C1. The van der Waals surface area contributed by atoms with E-state index in [1.165, 1.54) is 22.6 Å². The summed E-state index contributed by atoms with van der Waals surface area (Å²) in [4.78, 5) is 36.0. The lowest BCUT2D eigenvalue weighted by Gasteiger charge is -2.32. The van der Waals surface area contributed by atoms with E-state index in [4.69, 9.17) is 4.74 Å². The number of ether oxygens (including phenoxy) is 1. The highest BCUT2D eigenvalue weighted by atomic mass is 19.4. The Bertz CT molecular complexity index is 1810. The van der Waals surface area contributed by atoms with E-state index in [1.54, 1.807) is 31.3 Å². The number of benzene rings is 3. The number of anilines is 3. The number of hydrogen-bond donors (Lipinski definition) is 2. The number of nitrogens with one attached hydrogen (secondary N) is 2. The Hall–Kier alpha value is -5.39. The molecule has 0 bridgehead atoms. The maximum absolute atomic E-state index is 13.9. The van der Waals surface area contributed by atoms with Crippen molar-refractivity contribution >= 4 is 29.1 Å². The first-order valence-electron chi connectivity index (χ1n) is 15.2. The van der Waals surface area contributed by atoms with Crippen LogP contribution in [0.4, 0.5) is 30.5 Å². The van der Waals surface area contributed by atoms with E-state index in [0.717, 1.165) is 30.6 Å². The molecule has 1 aromatic heterocycles. The summed E-state index contributed by atoms with van der Waals surface area (Å²) < 4.78 is 47.2. The molecule has 0 radical (unpaired) electrons. The van der Waals surface area contributed by atoms with E-state index in [2.05, 4.69) is 39.3 Å². The zero-order valence-corrected chi connectivity index (χ0v) is 25.7. The number of fused-ring (bicyclic) bond motifs is 1. The minimum absolute atomic E-state index is 0.00195. The number of piperidine rings is 1. The molecule has 1 saturated heterocycles. The van der Waals surface area contributed by atoms with Crippen LogP contribution in [0, 0.1) is 0 Å². The zero-order chi connectivity index (χ0) is 33.1. The van der Waals surface area contributed by atoms with Crippen molar-refractivity contribution in [2.75, 3.05) is 30.8 Å². The number of alkyl halides is 3. The number of carbonyl (C=O) groups excluding carboxylic acids is 2. The molecule has 2 aliphatic heterocycles. The van der Waals surface area contributed by atoms with Crippen LogP contribution in [0.5, 0.6) is 11.6 Å². The molecule has 6 rings (SSSR count). The summed E-state index contributed by atoms with van der Waals surface area (Å²) in [7, 11) is 1.61. The van der Waals surface area contributed by atoms with E-state index in [-0.39, 0.29) is 35.0 Å². The fraction of sp³-hybridized carbons (Fsp3) is 0.257. The number of hydrogen-bond acceptors (Lipinski definition) is 7. The van der Waals surface area contributed by atoms with Crippen LogP contribution in [-0.2, 0) is 24.1 Å². The summed E-state index contributed by atoms with van der Waals surface area (Å²) in [6.45, 7) is 5.90. The van der Waals surface area contributed by atoms with Crippen molar-refractivity contribution in [1.82, 2.24) is 19.8 Å². The molecule has 2 amide bonds. The second kappa shape index (κ2) is 13.1. The molecule has 0 saturated carbocycles. The van der Waals surface area contributed by atoms with Crippen molar-refractivity contribution in [1.29, 1.82) is 0 Å². The van der Waals surface area contributed by atoms with Crippen LogP contribution < -0.4 is 15.4 Å². The highest BCUT2D eigenvalue weighted by Crippen LogP contribution is 2.39. The van der Waals surface area contributed by atoms with Crippen molar-refractivity contribution in [2.45, 2.75) is 38.0 Å². The summed E-state index contributed by atoms with van der Waals surface area (Å²) in [6.07, 6.45) is -0.788. The molecule has 1 fully saturated rings. The van der Waals surface area contributed by atoms with Crippen molar-refractivity contribution in [3.8, 4) is 11.6 Å². The fourth-order valence-corrected chi connectivity index (χ4v) is 5.88. The summed E-state index contributed by atoms with van der Waals surface area (Å²) in [5, 5.41) is 6.38. The molecule has 47 heavy (non-hydrogen) atoms. The van der Waals surface area contributed by atoms with Gasteiger partial charge in [0.2, 0.25) is 17.7 Å². The second-order valence-electron chi connectivity index (χ2n) is 11.6. The Kier molecular flexibility index (Phi) is 8.84. The Balaban J connectivity index is 1.12. The molecule has 0 spiro atoms. The van der Waals surface area contributed by atoms with Gasteiger partial charge in [-0.3, -0.25) is 9.59 Å². The molecular weight excluding hydrogens is 609 g/mol. The zero-order valence-electron chi connectivity index (χ0n) is 25.7. The fourth-order valence-electron chi connectivity index (χ4n) is 5.88. The molecule has 4 aromatic rings. The van der Waals surface area contributed by atoms with Crippen LogP contribution in [0.15, 0.2) is 85.6 Å². The van der Waals surface area contributed by atoms with Crippen LogP contribution in [0.3, 0.4) is 0 Å². The largest absolute Gasteiger partial charge is 0.437 e. The van der Waals surface area contributed by atoms with Gasteiger partial charge in [0.25, 0.3) is 5.91 Å². The van der Waals surface area contributed by atoms with Crippen molar-refractivity contribution in [3.63, 3.8) is 0 Å². The molecule has 0 aliphatic carbocycles. The molecule has 3 aromatic carbocycles. The summed E-state index contributed by atoms with van der Waals surface area (Å²) >= 11 is 0. The standard InChI is InChI=1S/C35H33F3N6O3/c1-3-30(45)44-16-6-9-24(21-44)23-7-4-10-27(17-23)39-18-22-12-14-26(15-13-22)41-34-40-19-28(35(36,37)38)32(42-34)47-29-11-5-8-25-20-43(2)33(46)31(25)29/h3-5,7-8,10-15,17,19,24,39H,1,6,9,16,18,20-21H2,2H3,(H,40,41,42). The lowest BCUT2D eigenvalue weighted by atomic mass is 9.90. The number of carbonyl (C=O) groups is 2. The third-order valence-electron chi connectivity index (χ3n) is 8.32. The first-order valence-corrected chi connectivity index (χ1v) is 15.2. The molecule has 3 heterocycles. The van der Waals surface area contributed by atoms with Gasteiger partial charge in [-0.1, -0.05) is 43.0 Å². The van der Waals surface area contributed by atoms with E-state index in [1.807, 2.05) is 29.2 Å². The number of amides is 2. The molecule has 12 heteroatoms. The summed E-state index contributed by atoms with van der Waals surface area (Å²) in [5.41, 5.74) is 3.40. The van der Waals surface area contributed by atoms with Gasteiger partial charge >= 0.3 is 6.18 Å². The summed E-state index contributed by atoms with van der Waals surface area (Å²) in [5.74, 6) is -0.920. The monoisotopic (exact) mass is 642 g/mol. The Morgan fingerprint density at radius 2 is 1.89 bits per heavy atom. The number of halogens is 3. The lowest BCUT2D eigenvalue weighted by Crippen LogP contribution is -2.38. The molecule has 1 unspecified atom stereocenters. The normalized spacial score (nSPS) is 16.1. The van der Waals surface area contributed by atoms with E-state index in [9.17, 15) is 22.8 Å². The van der Waals surface area contributed by atoms with Gasteiger partial charge in [0.15, 0.2) is 0 Å². The lowest BCUT2D eigenvalue weighted by molar-refractivity contribution is -0.139. The smallest absolute Gasteiger partial charge is 0.423 e. The van der Waals surface area contributed by atoms with Crippen LogP contribution >= 0.6 is 0 Å². The van der Waals surface area contributed by atoms with Crippen molar-refractivity contribution in [2.24, 2.45) is 0 Å². The predicted molar refractivity (Wildman–Crippen MR) is 172 cm³/mol. The Morgan fingerprint density at radius 3 is 2.66 bits per heavy atom. The molecular formula is C35H33F3N6O3. The summed E-state index contributed by atoms with van der Waals surface area (Å²) in [6, 6.07) is 20.3. The van der Waals surface area contributed by atoms with Gasteiger partial charge in [-0.15, -0.1) is 0 Å². The average Bonchev–Trinajstić information content (AvgIpc) is 3.37. The minimum Gasteiger partial charge on any atom is -0.437 e. The molecule has 2 N–H and O–H groups in total. The molecule has 242 valence electrons. The first kappa shape index (κ1) is 31.6. The first-order chi connectivity index (χ1) is 22.6. The maximum atomic E-state index is 13.9. The quantitative estimate of drug-likeness (QED) is 0.188. The van der Waals surface area contributed by atoms with Crippen LogP contribution in [-0.4, -0.2) is 51.7 Å². The average molecular weight is 643 g/mol. The minimum atomic E-state index is -4.78. The highest BCUT2D eigenvalue weighted by Gasteiger charge is 2.37. The van der Waals surface area contributed by atoms with Crippen molar-refractivity contribution in [3.05, 3.63) is 113 Å². The number of rotatable bonds is 9. The molecule has 2 aliphatic rings. The van der Waals surface area contributed by atoms with E-state index < -0.39 is 17.6 Å². The van der Waals surface area contributed by atoms with Crippen LogP contribution in [0.2, 0.25) is 0 Å². The van der Waals surface area contributed by atoms with Gasteiger partial charge in [0.1, 0.15) is 11.3 Å². The van der Waals surface area contributed by atoms with Crippen LogP contribution in [0.25, 0.3) is 0 Å². The topological polar surface area (TPSA) is 99.7 Å². The Labute approximate surface area is 270 Å². The van der Waals surface area contributed by atoms with Crippen LogP contribution in [0.1, 0.15) is 51.4 Å². The number of likely N-dealkylation sites (tertiary alicyclic amines) is 1. The predicted octanol–water partition coefficient (Wildman–Crippen LogP) is 7.12. The molecule has 1 atom stereocenters. The van der Waals surface area contributed by atoms with Gasteiger partial charge in [-0.25, -0.2) is 4.98 Å². The number of nitrogens with zero attached hydrogens (tertiary/aromatic N) is 4. The Morgan fingerprint density at radius 1 is 1.11 bits per heavy atom. The van der Waals surface area contributed by atoms with Gasteiger partial charge in [0, 0.05) is 56.7 Å². The second-order valence-corrected chi connectivity index (χ2v) is 11.6. The van der Waals surface area contributed by atoms with E-state index in [0.29, 0.717) is 37.1 Å². The van der Waals surface area contributed by atoms with Crippen molar-refractivity contribution < 1.29 is 27.5 Å².